The van der Waals surface area contributed by atoms with E-state index in [0.717, 1.165) is 0 Å². The Morgan fingerprint density at radius 1 is 1.08 bits per heavy atom. The summed E-state index contributed by atoms with van der Waals surface area (Å²) in [4.78, 5) is 1.16. The number of benzene rings is 1. The molecule has 0 radical (unpaired) electrons. The van der Waals surface area contributed by atoms with E-state index in [4.69, 9.17) is 0 Å². The third-order valence-electron chi connectivity index (χ3n) is 1.49. The minimum Gasteiger partial charge on any atom is -0.248 e. The van der Waals surface area contributed by atoms with Crippen LogP contribution in [0.25, 0.3) is 0 Å². The summed E-state index contributed by atoms with van der Waals surface area (Å²) >= 11 is 0. The molecule has 0 saturated heterocycles. The quantitative estimate of drug-likeness (QED) is 0.622. The van der Waals surface area contributed by atoms with E-state index in [1.807, 2.05) is 0 Å². The van der Waals surface area contributed by atoms with Crippen molar-refractivity contribution in [2.75, 3.05) is 0 Å². The maximum absolute atomic E-state index is 11.3. The van der Waals surface area contributed by atoms with Crippen LogP contribution in [0.4, 0.5) is 0 Å². The maximum Gasteiger partial charge on any atom is 0.174 e. The SMILES string of the molecule is O=S1C=NS(=O)c2ccccc21. The fraction of sp³-hybridized carbons (Fsp3) is 0. The lowest BCUT2D eigenvalue weighted by Crippen LogP contribution is -2.05. The molecule has 1 aliphatic heterocycles. The van der Waals surface area contributed by atoms with Crippen LogP contribution in [-0.2, 0) is 21.8 Å². The monoisotopic (exact) mass is 199 g/mol. The van der Waals surface area contributed by atoms with Gasteiger partial charge in [-0.05, 0) is 12.1 Å². The highest BCUT2D eigenvalue weighted by atomic mass is 32.2. The maximum atomic E-state index is 11.3. The van der Waals surface area contributed by atoms with Gasteiger partial charge in [-0.25, -0.2) is 8.42 Å². The molecule has 3 nitrogen and oxygen atoms in total. The molecule has 1 aromatic carbocycles. The Morgan fingerprint density at radius 2 is 1.75 bits per heavy atom. The molecule has 2 rings (SSSR count). The summed E-state index contributed by atoms with van der Waals surface area (Å²) in [5.74, 6) is 0. The second-order valence-corrected chi connectivity index (χ2v) is 4.60. The van der Waals surface area contributed by atoms with E-state index in [0.29, 0.717) is 9.79 Å². The van der Waals surface area contributed by atoms with Crippen molar-refractivity contribution in [3.8, 4) is 0 Å². The van der Waals surface area contributed by atoms with Crippen LogP contribution in [0.15, 0.2) is 38.5 Å². The van der Waals surface area contributed by atoms with Gasteiger partial charge in [-0.2, -0.15) is 4.40 Å². The summed E-state index contributed by atoms with van der Waals surface area (Å²) in [5, 5.41) is 0. The number of fused-ring (bicyclic) bond motifs is 1. The Kier molecular flexibility index (Phi) is 1.90. The molecule has 62 valence electrons. The van der Waals surface area contributed by atoms with Crippen molar-refractivity contribution in [2.45, 2.75) is 9.79 Å². The van der Waals surface area contributed by atoms with Gasteiger partial charge in [0.2, 0.25) is 0 Å². The summed E-state index contributed by atoms with van der Waals surface area (Å²) in [5.41, 5.74) is 1.22. The first-order valence-corrected chi connectivity index (χ1v) is 5.57. The molecule has 5 heteroatoms. The zero-order valence-electron chi connectivity index (χ0n) is 5.97. The van der Waals surface area contributed by atoms with E-state index in [1.165, 1.54) is 5.55 Å². The standard InChI is InChI=1S/C7H5NO2S2/c9-11-5-8-12(10)7-4-2-1-3-6(7)11/h1-5H. The Bertz CT molecular complexity index is 363. The third-order valence-corrected chi connectivity index (χ3v) is 3.87. The Morgan fingerprint density at radius 3 is 2.42 bits per heavy atom. The van der Waals surface area contributed by atoms with Crippen LogP contribution in [0.3, 0.4) is 0 Å². The van der Waals surface area contributed by atoms with Gasteiger partial charge in [-0.15, -0.1) is 0 Å². The van der Waals surface area contributed by atoms with Crippen molar-refractivity contribution >= 4 is 27.3 Å². The Balaban J connectivity index is 2.69. The van der Waals surface area contributed by atoms with Gasteiger partial charge in [0.1, 0.15) is 5.55 Å². The molecule has 0 saturated carbocycles. The van der Waals surface area contributed by atoms with Gasteiger partial charge in [-0.3, -0.25) is 0 Å². The van der Waals surface area contributed by atoms with E-state index >= 15 is 0 Å². The number of hydrogen-bond acceptors (Lipinski definition) is 2. The average molecular weight is 199 g/mol. The minimum absolute atomic E-state index is 0.554. The zero-order valence-corrected chi connectivity index (χ0v) is 7.60. The van der Waals surface area contributed by atoms with Gasteiger partial charge in [0, 0.05) is 0 Å². The van der Waals surface area contributed by atoms with Crippen molar-refractivity contribution in [3.63, 3.8) is 0 Å². The molecular formula is C7H5NO2S2. The lowest BCUT2D eigenvalue weighted by molar-refractivity contribution is 0.677. The van der Waals surface area contributed by atoms with Crippen LogP contribution in [0, 0.1) is 0 Å². The van der Waals surface area contributed by atoms with E-state index in [-0.39, 0.29) is 0 Å². The molecule has 0 amide bonds. The van der Waals surface area contributed by atoms with Crippen molar-refractivity contribution in [3.05, 3.63) is 24.3 Å². The lowest BCUT2D eigenvalue weighted by atomic mass is 10.4. The zero-order chi connectivity index (χ0) is 8.55. The van der Waals surface area contributed by atoms with Crippen molar-refractivity contribution < 1.29 is 8.42 Å². The molecule has 1 heterocycles. The molecule has 1 aromatic rings. The lowest BCUT2D eigenvalue weighted by Gasteiger charge is -2.06. The van der Waals surface area contributed by atoms with Crippen molar-refractivity contribution in [2.24, 2.45) is 4.40 Å². The second kappa shape index (κ2) is 2.91. The molecular weight excluding hydrogens is 194 g/mol. The number of nitrogens with zero attached hydrogens (tertiary/aromatic N) is 1. The largest absolute Gasteiger partial charge is 0.248 e. The highest BCUT2D eigenvalue weighted by Crippen LogP contribution is 2.20. The van der Waals surface area contributed by atoms with Gasteiger partial charge < -0.3 is 0 Å². The summed E-state index contributed by atoms with van der Waals surface area (Å²) in [6, 6.07) is 6.91. The predicted octanol–water partition coefficient (Wildman–Crippen LogP) is 0.859. The smallest absolute Gasteiger partial charge is 0.174 e. The summed E-state index contributed by atoms with van der Waals surface area (Å²) in [6.07, 6.45) is 0. The van der Waals surface area contributed by atoms with E-state index < -0.39 is 21.8 Å². The molecule has 2 atom stereocenters. The van der Waals surface area contributed by atoms with Crippen LogP contribution in [0.1, 0.15) is 0 Å². The van der Waals surface area contributed by atoms with Gasteiger partial charge in [0.15, 0.2) is 11.0 Å². The predicted molar refractivity (Wildman–Crippen MR) is 47.8 cm³/mol. The molecule has 0 N–H and O–H groups in total. The Hall–Kier alpha value is -0.810. The van der Waals surface area contributed by atoms with E-state index in [2.05, 4.69) is 4.40 Å². The molecule has 0 bridgehead atoms. The summed E-state index contributed by atoms with van der Waals surface area (Å²) < 4.78 is 26.1. The van der Waals surface area contributed by atoms with Gasteiger partial charge in [0.25, 0.3) is 0 Å². The Labute approximate surface area is 74.6 Å². The fourth-order valence-electron chi connectivity index (χ4n) is 0.952. The van der Waals surface area contributed by atoms with Crippen LogP contribution in [0.5, 0.6) is 0 Å². The summed E-state index contributed by atoms with van der Waals surface area (Å²) in [6.45, 7) is 0. The van der Waals surface area contributed by atoms with Gasteiger partial charge in [-0.1, -0.05) is 12.1 Å². The van der Waals surface area contributed by atoms with Crippen molar-refractivity contribution in [1.29, 1.82) is 0 Å². The molecule has 0 fully saturated rings. The van der Waals surface area contributed by atoms with Crippen LogP contribution in [-0.4, -0.2) is 14.0 Å². The van der Waals surface area contributed by atoms with Crippen LogP contribution in [0.2, 0.25) is 0 Å². The molecule has 0 aliphatic carbocycles. The van der Waals surface area contributed by atoms with Crippen LogP contribution >= 0.6 is 0 Å². The van der Waals surface area contributed by atoms with Gasteiger partial charge >= 0.3 is 0 Å². The van der Waals surface area contributed by atoms with Gasteiger partial charge in [0.05, 0.1) is 20.6 Å². The fourth-order valence-corrected chi connectivity index (χ4v) is 3.18. The first-order chi connectivity index (χ1) is 5.79. The normalized spacial score (nSPS) is 26.7. The molecule has 2 unspecified atom stereocenters. The second-order valence-electron chi connectivity index (χ2n) is 2.20. The molecule has 12 heavy (non-hydrogen) atoms. The number of hydrogen-bond donors (Lipinski definition) is 0. The summed E-state index contributed by atoms with van der Waals surface area (Å²) in [7, 11) is -2.58. The molecule has 0 aromatic heterocycles. The third kappa shape index (κ3) is 1.15. The minimum atomic E-state index is -1.36. The molecule has 1 aliphatic rings. The van der Waals surface area contributed by atoms with Crippen molar-refractivity contribution in [1.82, 2.24) is 0 Å². The highest BCUT2D eigenvalue weighted by Gasteiger charge is 2.16. The number of rotatable bonds is 0. The molecule has 0 spiro atoms. The first-order valence-electron chi connectivity index (χ1n) is 3.25. The van der Waals surface area contributed by atoms with Crippen LogP contribution < -0.4 is 0 Å². The first kappa shape index (κ1) is 7.82. The van der Waals surface area contributed by atoms with E-state index in [1.54, 1.807) is 24.3 Å². The van der Waals surface area contributed by atoms with E-state index in [9.17, 15) is 8.42 Å². The highest BCUT2D eigenvalue weighted by molar-refractivity contribution is 8.01. The topological polar surface area (TPSA) is 46.5 Å². The average Bonchev–Trinajstić information content (AvgIpc) is 2.12.